The van der Waals surface area contributed by atoms with E-state index < -0.39 is 0 Å². The molecule has 1 aliphatic rings. The Kier molecular flexibility index (Phi) is 5.18. The summed E-state index contributed by atoms with van der Waals surface area (Å²) in [5.74, 6) is 0. The molecule has 0 radical (unpaired) electrons. The smallest absolute Gasteiger partial charge is 0.0912 e. The first-order valence-corrected chi connectivity index (χ1v) is 9.54. The number of hydrogen-bond donors (Lipinski definition) is 1. The summed E-state index contributed by atoms with van der Waals surface area (Å²) in [7, 11) is 0. The lowest BCUT2D eigenvalue weighted by Gasteiger charge is -2.35. The zero-order valence-corrected chi connectivity index (χ0v) is 16.1. The summed E-state index contributed by atoms with van der Waals surface area (Å²) in [6.07, 6.45) is 0.559. The second kappa shape index (κ2) is 7.59. The van der Waals surface area contributed by atoms with E-state index >= 15 is 0 Å². The molecule has 140 valence electrons. The first-order valence-electron chi connectivity index (χ1n) is 9.54. The van der Waals surface area contributed by atoms with Gasteiger partial charge in [-0.1, -0.05) is 54.6 Å². The Balaban J connectivity index is 0.00000180. The first-order chi connectivity index (χ1) is 12.9. The highest BCUT2D eigenvalue weighted by Gasteiger charge is 2.24. The summed E-state index contributed by atoms with van der Waals surface area (Å²) in [5.41, 5.74) is 1.27. The molecule has 0 bridgehead atoms. The lowest BCUT2D eigenvalue weighted by atomic mass is 9.88. The molecule has 5 rings (SSSR count). The van der Waals surface area contributed by atoms with Crippen LogP contribution in [-0.2, 0) is 0 Å². The highest BCUT2D eigenvalue weighted by Crippen LogP contribution is 2.39. The van der Waals surface area contributed by atoms with Crippen molar-refractivity contribution in [3.05, 3.63) is 60.2 Å². The third-order valence-corrected chi connectivity index (χ3v) is 5.90. The molecular formula is C23H24ClFN2. The third-order valence-electron chi connectivity index (χ3n) is 5.90. The van der Waals surface area contributed by atoms with Gasteiger partial charge in [0.05, 0.1) is 6.67 Å². The minimum atomic E-state index is -0.281. The normalized spacial score (nSPS) is 16.8. The van der Waals surface area contributed by atoms with Crippen molar-refractivity contribution < 1.29 is 4.39 Å². The number of hydrogen-bond acceptors (Lipinski definition) is 2. The zero-order chi connectivity index (χ0) is 17.5. The number of nitrogens with one attached hydrogen (secondary N) is 1. The van der Waals surface area contributed by atoms with Gasteiger partial charge in [0.25, 0.3) is 0 Å². The van der Waals surface area contributed by atoms with Gasteiger partial charge in [0.1, 0.15) is 0 Å². The van der Waals surface area contributed by atoms with E-state index in [0.29, 0.717) is 6.42 Å². The topological polar surface area (TPSA) is 15.3 Å². The highest BCUT2D eigenvalue weighted by molar-refractivity contribution is 6.23. The van der Waals surface area contributed by atoms with Gasteiger partial charge < -0.3 is 5.32 Å². The van der Waals surface area contributed by atoms with Gasteiger partial charge in [-0.2, -0.15) is 0 Å². The molecule has 0 aromatic heterocycles. The van der Waals surface area contributed by atoms with Crippen LogP contribution in [0.2, 0.25) is 0 Å². The summed E-state index contributed by atoms with van der Waals surface area (Å²) >= 11 is 0. The van der Waals surface area contributed by atoms with Gasteiger partial charge in [-0.05, 0) is 44.3 Å². The summed E-state index contributed by atoms with van der Waals surface area (Å²) in [6.45, 7) is 3.64. The summed E-state index contributed by atoms with van der Waals surface area (Å²) in [5, 5.41) is 11.2. The molecule has 0 amide bonds. The number of nitrogens with zero attached hydrogens (tertiary/aromatic N) is 1. The zero-order valence-electron chi connectivity index (χ0n) is 15.2. The average molecular weight is 383 g/mol. The van der Waals surface area contributed by atoms with Crippen molar-refractivity contribution in [1.29, 1.82) is 0 Å². The molecule has 1 atom stereocenters. The number of rotatable bonds is 4. The highest BCUT2D eigenvalue weighted by atomic mass is 35.5. The second-order valence-corrected chi connectivity index (χ2v) is 7.29. The molecule has 4 aromatic rings. The van der Waals surface area contributed by atoms with E-state index in [-0.39, 0.29) is 25.1 Å². The number of piperazine rings is 1. The monoisotopic (exact) mass is 382 g/mol. The van der Waals surface area contributed by atoms with Crippen molar-refractivity contribution in [2.75, 3.05) is 32.9 Å². The van der Waals surface area contributed by atoms with Crippen LogP contribution in [0.15, 0.2) is 54.6 Å². The van der Waals surface area contributed by atoms with Crippen LogP contribution in [0.3, 0.4) is 0 Å². The summed E-state index contributed by atoms with van der Waals surface area (Å²) in [6, 6.07) is 20.0. The van der Waals surface area contributed by atoms with Crippen LogP contribution in [0.1, 0.15) is 18.0 Å². The van der Waals surface area contributed by atoms with Gasteiger partial charge in [0.15, 0.2) is 0 Å². The molecule has 0 spiro atoms. The Morgan fingerprint density at radius 2 is 1.48 bits per heavy atom. The standard InChI is InChI=1S/C23H23FN2.ClH/c24-11-10-21(26-14-12-25-13-15-26)19-8-6-18-5-4-16-2-1-3-17-7-9-20(19)23(18)22(16)17;/h1-9,21,25H,10-15H2;1H/t21-;/m0./s1. The first kappa shape index (κ1) is 18.4. The van der Waals surface area contributed by atoms with E-state index in [1.165, 1.54) is 37.9 Å². The molecule has 1 fully saturated rings. The van der Waals surface area contributed by atoms with E-state index in [2.05, 4.69) is 64.8 Å². The fraction of sp³-hybridized carbons (Fsp3) is 0.304. The van der Waals surface area contributed by atoms with Gasteiger partial charge >= 0.3 is 0 Å². The molecule has 0 aliphatic carbocycles. The van der Waals surface area contributed by atoms with Crippen molar-refractivity contribution in [1.82, 2.24) is 10.2 Å². The lowest BCUT2D eigenvalue weighted by molar-refractivity contribution is 0.158. The van der Waals surface area contributed by atoms with Gasteiger partial charge in [-0.15, -0.1) is 12.4 Å². The predicted octanol–water partition coefficient (Wildman–Crippen LogP) is 5.31. The van der Waals surface area contributed by atoms with E-state index in [1.54, 1.807) is 0 Å². The molecule has 0 saturated carbocycles. The van der Waals surface area contributed by atoms with Crippen molar-refractivity contribution in [2.24, 2.45) is 0 Å². The number of benzene rings is 4. The van der Waals surface area contributed by atoms with Crippen LogP contribution in [0.25, 0.3) is 32.3 Å². The fourth-order valence-corrected chi connectivity index (χ4v) is 4.68. The van der Waals surface area contributed by atoms with E-state index in [1.807, 2.05) is 0 Å². The van der Waals surface area contributed by atoms with Crippen LogP contribution in [0, 0.1) is 0 Å². The Labute approximate surface area is 165 Å². The van der Waals surface area contributed by atoms with Crippen LogP contribution < -0.4 is 5.32 Å². The van der Waals surface area contributed by atoms with Crippen molar-refractivity contribution >= 4 is 44.7 Å². The third kappa shape index (κ3) is 3.04. The van der Waals surface area contributed by atoms with Crippen LogP contribution in [0.5, 0.6) is 0 Å². The van der Waals surface area contributed by atoms with Gasteiger partial charge in [-0.3, -0.25) is 9.29 Å². The molecule has 1 saturated heterocycles. The number of halogens is 2. The molecule has 0 unspecified atom stereocenters. The minimum Gasteiger partial charge on any atom is -0.314 e. The molecule has 4 heteroatoms. The van der Waals surface area contributed by atoms with Crippen LogP contribution >= 0.6 is 12.4 Å². The predicted molar refractivity (Wildman–Crippen MR) is 115 cm³/mol. The van der Waals surface area contributed by atoms with Crippen molar-refractivity contribution in [3.8, 4) is 0 Å². The quantitative estimate of drug-likeness (QED) is 0.481. The van der Waals surface area contributed by atoms with Crippen LogP contribution in [0.4, 0.5) is 4.39 Å². The Bertz CT molecular complexity index is 1040. The molecule has 1 aliphatic heterocycles. The molecule has 27 heavy (non-hydrogen) atoms. The molecule has 1 heterocycles. The van der Waals surface area contributed by atoms with Gasteiger partial charge in [0.2, 0.25) is 0 Å². The second-order valence-electron chi connectivity index (χ2n) is 7.29. The van der Waals surface area contributed by atoms with E-state index in [4.69, 9.17) is 0 Å². The average Bonchev–Trinajstić information content (AvgIpc) is 2.71. The molecule has 1 N–H and O–H groups in total. The summed E-state index contributed by atoms with van der Waals surface area (Å²) in [4.78, 5) is 2.45. The minimum absolute atomic E-state index is 0. The van der Waals surface area contributed by atoms with Crippen LogP contribution in [-0.4, -0.2) is 37.8 Å². The Morgan fingerprint density at radius 3 is 2.19 bits per heavy atom. The van der Waals surface area contributed by atoms with E-state index in [0.717, 1.165) is 26.2 Å². The van der Waals surface area contributed by atoms with E-state index in [9.17, 15) is 4.39 Å². The summed E-state index contributed by atoms with van der Waals surface area (Å²) < 4.78 is 13.4. The fourth-order valence-electron chi connectivity index (χ4n) is 4.68. The maximum Gasteiger partial charge on any atom is 0.0912 e. The lowest BCUT2D eigenvalue weighted by Crippen LogP contribution is -2.45. The van der Waals surface area contributed by atoms with Crippen molar-refractivity contribution in [2.45, 2.75) is 12.5 Å². The Morgan fingerprint density at radius 1 is 0.852 bits per heavy atom. The van der Waals surface area contributed by atoms with Crippen molar-refractivity contribution in [3.63, 3.8) is 0 Å². The molecular weight excluding hydrogens is 359 g/mol. The number of alkyl halides is 1. The SMILES string of the molecule is Cl.FCC[C@@H](c1ccc2ccc3cccc4ccc1c2c34)N1CCNCC1. The van der Waals surface area contributed by atoms with Gasteiger partial charge in [-0.25, -0.2) is 0 Å². The maximum atomic E-state index is 13.4. The largest absolute Gasteiger partial charge is 0.314 e. The Hall–Kier alpha value is -1.94. The molecule has 2 nitrogen and oxygen atoms in total. The van der Waals surface area contributed by atoms with Gasteiger partial charge in [0, 0.05) is 32.2 Å². The molecule has 4 aromatic carbocycles. The maximum absolute atomic E-state index is 13.4.